The maximum absolute atomic E-state index is 5.34. The van der Waals surface area contributed by atoms with Crippen molar-refractivity contribution in [2.24, 2.45) is 0 Å². The number of hydrogen-bond acceptors (Lipinski definition) is 2. The molecule has 0 aliphatic heterocycles. The van der Waals surface area contributed by atoms with Crippen molar-refractivity contribution in [2.75, 3.05) is 4.90 Å². The third-order valence-electron chi connectivity index (χ3n) is 9.20. The molecule has 1 aromatic heterocycles. The highest BCUT2D eigenvalue weighted by Crippen LogP contribution is 2.39. The van der Waals surface area contributed by atoms with Crippen molar-refractivity contribution in [2.45, 2.75) is 65.2 Å². The number of rotatable bonds is 7. The highest BCUT2D eigenvalue weighted by atomic mass is 15.2. The molecule has 0 fully saturated rings. The monoisotopic (exact) mass is 575 g/mol. The lowest BCUT2D eigenvalue weighted by molar-refractivity contribution is 0.919. The molecule has 4 aliphatic carbocycles. The number of hydrogen-bond donors (Lipinski definition) is 0. The highest BCUT2D eigenvalue weighted by molar-refractivity contribution is 5.87. The predicted octanol–water partition coefficient (Wildman–Crippen LogP) is 10.8. The van der Waals surface area contributed by atoms with E-state index in [0.717, 1.165) is 74.0 Å². The van der Waals surface area contributed by atoms with E-state index in [-0.39, 0.29) is 0 Å². The Morgan fingerprint density at radius 1 is 0.818 bits per heavy atom. The van der Waals surface area contributed by atoms with Gasteiger partial charge in [-0.2, -0.15) is 0 Å². The molecule has 0 unspecified atom stereocenters. The van der Waals surface area contributed by atoms with Crippen LogP contribution in [0.3, 0.4) is 0 Å². The summed E-state index contributed by atoms with van der Waals surface area (Å²) < 4.78 is 2.39. The maximum atomic E-state index is 5.34. The summed E-state index contributed by atoms with van der Waals surface area (Å²) in [6.07, 6.45) is 31.0. The van der Waals surface area contributed by atoms with Crippen LogP contribution in [0.2, 0.25) is 0 Å². The van der Waals surface area contributed by atoms with Gasteiger partial charge in [0.15, 0.2) is 0 Å². The molecule has 220 valence electrons. The number of aryl methyl sites for hydroxylation is 2. The van der Waals surface area contributed by atoms with E-state index in [2.05, 4.69) is 127 Å². The van der Waals surface area contributed by atoms with Crippen LogP contribution in [0.5, 0.6) is 0 Å². The van der Waals surface area contributed by atoms with Crippen molar-refractivity contribution in [3.63, 3.8) is 0 Å². The summed E-state index contributed by atoms with van der Waals surface area (Å²) in [5, 5.41) is 0. The van der Waals surface area contributed by atoms with Gasteiger partial charge in [0.25, 0.3) is 0 Å². The van der Waals surface area contributed by atoms with Crippen LogP contribution in [-0.2, 0) is 6.42 Å². The topological polar surface area (TPSA) is 21.1 Å². The van der Waals surface area contributed by atoms with Crippen molar-refractivity contribution in [3.05, 3.63) is 143 Å². The standard InChI is InChI=1S/C41H41N3/c1-29-22-24-32(25-23-29)34-26-33(31(3)43(36-15-6-4-7-16-36)39-20-12-10-14-30(39)2)27-35(28-34)41-42-38-19-11-13-21-40(38)44(41)37-17-8-5-9-18-37/h4,6,8,10,12-15,17-18,20-22,24,26-28H,3,5,7,9,11,16,19,23,25H2,1-2H3. The summed E-state index contributed by atoms with van der Waals surface area (Å²) in [7, 11) is 0. The predicted molar refractivity (Wildman–Crippen MR) is 188 cm³/mol. The molecule has 4 aliphatic rings. The first-order valence-electron chi connectivity index (χ1n) is 16.1. The molecule has 0 radical (unpaired) electrons. The number of fused-ring (bicyclic) bond motifs is 1. The average molecular weight is 576 g/mol. The van der Waals surface area contributed by atoms with Crippen molar-refractivity contribution >= 4 is 28.7 Å². The molecule has 44 heavy (non-hydrogen) atoms. The molecule has 0 bridgehead atoms. The number of allylic oxidation sites excluding steroid dienone is 13. The lowest BCUT2D eigenvalue weighted by Gasteiger charge is -2.32. The van der Waals surface area contributed by atoms with Gasteiger partial charge in [-0.3, -0.25) is 4.57 Å². The molecule has 3 nitrogen and oxygen atoms in total. The number of para-hydroxylation sites is 1. The molecule has 7 rings (SSSR count). The van der Waals surface area contributed by atoms with Gasteiger partial charge in [-0.05, 0) is 130 Å². The van der Waals surface area contributed by atoms with Crippen LogP contribution in [-0.4, -0.2) is 9.55 Å². The Labute approximate surface area is 262 Å². The van der Waals surface area contributed by atoms with E-state index in [9.17, 15) is 0 Å². The SMILES string of the molecule is C=C(c1cc(C2=CC=C(C)CC2)cc(-c2nc3c(n2C2=CCCC=C2)C=CCC3)c1)N(C1=CC=CCC1)c1ccccc1C. The van der Waals surface area contributed by atoms with Crippen LogP contribution >= 0.6 is 0 Å². The van der Waals surface area contributed by atoms with E-state index in [1.165, 1.54) is 50.7 Å². The summed E-state index contributed by atoms with van der Waals surface area (Å²) in [5.74, 6) is 1.01. The number of anilines is 1. The molecule has 3 aromatic rings. The molecule has 2 aromatic carbocycles. The molecule has 0 N–H and O–H groups in total. The highest BCUT2D eigenvalue weighted by Gasteiger charge is 2.24. The van der Waals surface area contributed by atoms with Crippen molar-refractivity contribution in [1.82, 2.24) is 9.55 Å². The van der Waals surface area contributed by atoms with Gasteiger partial charge >= 0.3 is 0 Å². The fourth-order valence-electron chi connectivity index (χ4n) is 6.75. The van der Waals surface area contributed by atoms with E-state index >= 15 is 0 Å². The van der Waals surface area contributed by atoms with E-state index in [0.29, 0.717) is 0 Å². The number of benzene rings is 2. The van der Waals surface area contributed by atoms with Crippen LogP contribution < -0.4 is 4.90 Å². The quantitative estimate of drug-likeness (QED) is 0.279. The van der Waals surface area contributed by atoms with Crippen LogP contribution in [0.25, 0.3) is 34.4 Å². The minimum Gasteiger partial charge on any atom is -0.314 e. The van der Waals surface area contributed by atoms with E-state index in [1.807, 2.05) is 0 Å². The smallest absolute Gasteiger partial charge is 0.145 e. The second-order valence-corrected chi connectivity index (χ2v) is 12.3. The van der Waals surface area contributed by atoms with Gasteiger partial charge in [0.1, 0.15) is 5.82 Å². The Hall–Kier alpha value is -4.63. The van der Waals surface area contributed by atoms with Crippen molar-refractivity contribution in [3.8, 4) is 11.4 Å². The number of nitrogens with zero attached hydrogens (tertiary/aromatic N) is 3. The second kappa shape index (κ2) is 12.2. The Morgan fingerprint density at radius 2 is 1.66 bits per heavy atom. The fourth-order valence-corrected chi connectivity index (χ4v) is 6.75. The van der Waals surface area contributed by atoms with Crippen LogP contribution in [0.1, 0.15) is 79.9 Å². The summed E-state index contributed by atoms with van der Waals surface area (Å²) >= 11 is 0. The third-order valence-corrected chi connectivity index (χ3v) is 9.20. The Balaban J connectivity index is 1.43. The molecule has 1 heterocycles. The Morgan fingerprint density at radius 3 is 2.43 bits per heavy atom. The Kier molecular flexibility index (Phi) is 7.78. The largest absolute Gasteiger partial charge is 0.314 e. The zero-order chi connectivity index (χ0) is 30.0. The van der Waals surface area contributed by atoms with E-state index < -0.39 is 0 Å². The molecule has 0 saturated heterocycles. The minimum absolute atomic E-state index is 0.972. The lowest BCUT2D eigenvalue weighted by atomic mass is 9.90. The zero-order valence-electron chi connectivity index (χ0n) is 26.0. The average Bonchev–Trinajstić information content (AvgIpc) is 3.47. The van der Waals surface area contributed by atoms with Gasteiger partial charge in [0.2, 0.25) is 0 Å². The fraction of sp³-hybridized carbons (Fsp3) is 0.244. The normalized spacial score (nSPS) is 17.4. The van der Waals surface area contributed by atoms with E-state index in [1.54, 1.807) is 0 Å². The first kappa shape index (κ1) is 28.2. The maximum Gasteiger partial charge on any atom is 0.145 e. The van der Waals surface area contributed by atoms with Gasteiger partial charge < -0.3 is 4.90 Å². The number of imidazole rings is 1. The number of aromatic nitrogens is 2. The Bertz CT molecular complexity index is 1850. The zero-order valence-corrected chi connectivity index (χ0v) is 26.0. The second-order valence-electron chi connectivity index (χ2n) is 12.3. The van der Waals surface area contributed by atoms with Crippen molar-refractivity contribution < 1.29 is 0 Å². The van der Waals surface area contributed by atoms with Crippen LogP contribution in [0, 0.1) is 6.92 Å². The molecule has 0 saturated carbocycles. The minimum atomic E-state index is 0.972. The first-order valence-corrected chi connectivity index (χ1v) is 16.1. The summed E-state index contributed by atoms with van der Waals surface area (Å²) in [4.78, 5) is 7.73. The molecule has 3 heteroatoms. The summed E-state index contributed by atoms with van der Waals surface area (Å²) in [6, 6.07) is 15.7. The van der Waals surface area contributed by atoms with Gasteiger partial charge in [0, 0.05) is 28.3 Å². The van der Waals surface area contributed by atoms with Gasteiger partial charge in [-0.15, -0.1) is 0 Å². The summed E-state index contributed by atoms with van der Waals surface area (Å²) in [6.45, 7) is 9.22. The van der Waals surface area contributed by atoms with Gasteiger partial charge in [-0.25, -0.2) is 4.98 Å². The molecule has 0 spiro atoms. The molecule has 0 amide bonds. The third kappa shape index (κ3) is 5.43. The van der Waals surface area contributed by atoms with E-state index in [4.69, 9.17) is 11.6 Å². The van der Waals surface area contributed by atoms with Gasteiger partial charge in [0.05, 0.1) is 11.4 Å². The van der Waals surface area contributed by atoms with Gasteiger partial charge in [-0.1, -0.05) is 72.9 Å². The van der Waals surface area contributed by atoms with Crippen LogP contribution in [0.4, 0.5) is 5.69 Å². The lowest BCUT2D eigenvalue weighted by Crippen LogP contribution is -2.22. The van der Waals surface area contributed by atoms with Crippen LogP contribution in [0.15, 0.2) is 115 Å². The molecule has 0 atom stereocenters. The first-order chi connectivity index (χ1) is 21.6. The van der Waals surface area contributed by atoms with Crippen molar-refractivity contribution in [1.29, 1.82) is 0 Å². The molecular formula is C41H41N3. The summed E-state index contributed by atoms with van der Waals surface area (Å²) in [5.41, 5.74) is 14.6. The molecular weight excluding hydrogens is 534 g/mol.